The number of halogens is 2. The van der Waals surface area contributed by atoms with Crippen LogP contribution in [0.25, 0.3) is 0 Å². The minimum absolute atomic E-state index is 0.245. The molecule has 2 rings (SSSR count). The van der Waals surface area contributed by atoms with Gasteiger partial charge in [0.25, 0.3) is 5.91 Å². The summed E-state index contributed by atoms with van der Waals surface area (Å²) in [4.78, 5) is 11.8. The van der Waals surface area contributed by atoms with Crippen LogP contribution in [0.1, 0.15) is 16.1 Å². The third-order valence-corrected chi connectivity index (χ3v) is 2.56. The molecule has 1 N–H and O–H groups in total. The summed E-state index contributed by atoms with van der Waals surface area (Å²) < 4.78 is 5.10. The lowest BCUT2D eigenvalue weighted by Gasteiger charge is -2.04. The highest BCUT2D eigenvalue weighted by Crippen LogP contribution is 2.19. The van der Waals surface area contributed by atoms with E-state index in [1.807, 2.05) is 0 Å². The molecule has 0 aliphatic heterocycles. The summed E-state index contributed by atoms with van der Waals surface area (Å²) in [6.45, 7) is 0.329. The Labute approximate surface area is 108 Å². The predicted molar refractivity (Wildman–Crippen MR) is 66.3 cm³/mol. The molecule has 0 bridgehead atoms. The van der Waals surface area contributed by atoms with Crippen LogP contribution >= 0.6 is 23.2 Å². The Hall–Kier alpha value is -1.45. The van der Waals surface area contributed by atoms with Crippen molar-refractivity contribution in [3.63, 3.8) is 0 Å². The zero-order valence-electron chi connectivity index (χ0n) is 8.74. The Balaban J connectivity index is 2.04. The molecule has 0 aliphatic carbocycles. The normalized spacial score (nSPS) is 10.2. The standard InChI is InChI=1S/C12H9Cl2NO2/c13-9-4-8(5-10(14)6-9)12(16)15-7-11-2-1-3-17-11/h1-6H,7H2,(H,15,16). The fraction of sp³-hybridized carbons (Fsp3) is 0.0833. The lowest BCUT2D eigenvalue weighted by molar-refractivity contribution is 0.0948. The summed E-state index contributed by atoms with van der Waals surface area (Å²) in [5.41, 5.74) is 0.425. The van der Waals surface area contributed by atoms with E-state index in [2.05, 4.69) is 5.32 Å². The molecule has 0 spiro atoms. The van der Waals surface area contributed by atoms with Crippen LogP contribution in [0.3, 0.4) is 0 Å². The molecular weight excluding hydrogens is 261 g/mol. The van der Waals surface area contributed by atoms with Crippen molar-refractivity contribution in [2.45, 2.75) is 6.54 Å². The lowest BCUT2D eigenvalue weighted by Crippen LogP contribution is -2.22. The van der Waals surface area contributed by atoms with Gasteiger partial charge < -0.3 is 9.73 Å². The van der Waals surface area contributed by atoms with E-state index >= 15 is 0 Å². The smallest absolute Gasteiger partial charge is 0.251 e. The highest BCUT2D eigenvalue weighted by atomic mass is 35.5. The zero-order chi connectivity index (χ0) is 12.3. The van der Waals surface area contributed by atoms with Crippen LogP contribution in [0.5, 0.6) is 0 Å². The van der Waals surface area contributed by atoms with E-state index in [-0.39, 0.29) is 5.91 Å². The first-order valence-electron chi connectivity index (χ1n) is 4.92. The van der Waals surface area contributed by atoms with Crippen LogP contribution in [-0.4, -0.2) is 5.91 Å². The minimum atomic E-state index is -0.245. The number of benzene rings is 1. The van der Waals surface area contributed by atoms with Crippen LogP contribution in [0.4, 0.5) is 0 Å². The van der Waals surface area contributed by atoms with Crippen LogP contribution in [-0.2, 0) is 6.54 Å². The van der Waals surface area contributed by atoms with Gasteiger partial charge >= 0.3 is 0 Å². The maximum atomic E-state index is 11.8. The number of hydrogen-bond donors (Lipinski definition) is 1. The molecule has 0 unspecified atom stereocenters. The van der Waals surface area contributed by atoms with Crippen molar-refractivity contribution in [2.75, 3.05) is 0 Å². The third kappa shape index (κ3) is 3.25. The number of furan rings is 1. The second-order valence-electron chi connectivity index (χ2n) is 3.42. The third-order valence-electron chi connectivity index (χ3n) is 2.13. The van der Waals surface area contributed by atoms with E-state index in [0.29, 0.717) is 27.9 Å². The summed E-state index contributed by atoms with van der Waals surface area (Å²) in [6.07, 6.45) is 1.55. The number of nitrogens with one attached hydrogen (secondary N) is 1. The molecule has 1 aromatic carbocycles. The average Bonchev–Trinajstić information content (AvgIpc) is 2.77. The summed E-state index contributed by atoms with van der Waals surface area (Å²) in [6, 6.07) is 8.24. The average molecular weight is 270 g/mol. The summed E-state index contributed by atoms with van der Waals surface area (Å²) >= 11 is 11.6. The Kier molecular flexibility index (Phi) is 3.71. The molecule has 1 amide bonds. The van der Waals surface area contributed by atoms with Gasteiger partial charge in [-0.1, -0.05) is 23.2 Å². The monoisotopic (exact) mass is 269 g/mol. The van der Waals surface area contributed by atoms with E-state index in [9.17, 15) is 4.79 Å². The van der Waals surface area contributed by atoms with E-state index in [0.717, 1.165) is 0 Å². The first-order valence-corrected chi connectivity index (χ1v) is 5.67. The zero-order valence-corrected chi connectivity index (χ0v) is 10.3. The van der Waals surface area contributed by atoms with Gasteiger partial charge in [0.1, 0.15) is 5.76 Å². The van der Waals surface area contributed by atoms with Gasteiger partial charge in [0.15, 0.2) is 0 Å². The Bertz CT molecular complexity index is 503. The van der Waals surface area contributed by atoms with E-state index < -0.39 is 0 Å². The Morgan fingerprint density at radius 1 is 1.24 bits per heavy atom. The van der Waals surface area contributed by atoms with Gasteiger partial charge in [-0.05, 0) is 30.3 Å². The van der Waals surface area contributed by atoms with Crippen molar-refractivity contribution in [2.24, 2.45) is 0 Å². The molecule has 0 fully saturated rings. The predicted octanol–water partition coefficient (Wildman–Crippen LogP) is 3.52. The molecule has 2 aromatic rings. The topological polar surface area (TPSA) is 42.2 Å². The summed E-state index contributed by atoms with van der Waals surface area (Å²) in [7, 11) is 0. The van der Waals surface area contributed by atoms with Crippen molar-refractivity contribution in [1.82, 2.24) is 5.32 Å². The minimum Gasteiger partial charge on any atom is -0.467 e. The molecule has 5 heteroatoms. The van der Waals surface area contributed by atoms with Gasteiger partial charge in [0.2, 0.25) is 0 Å². The number of carbonyl (C=O) groups excluding carboxylic acids is 1. The molecule has 3 nitrogen and oxygen atoms in total. The quantitative estimate of drug-likeness (QED) is 0.927. The number of hydrogen-bond acceptors (Lipinski definition) is 2. The second-order valence-corrected chi connectivity index (χ2v) is 4.29. The van der Waals surface area contributed by atoms with Gasteiger partial charge in [0, 0.05) is 15.6 Å². The van der Waals surface area contributed by atoms with Gasteiger partial charge in [-0.3, -0.25) is 4.79 Å². The molecule has 0 radical (unpaired) electrons. The summed E-state index contributed by atoms with van der Waals surface area (Å²) in [5.74, 6) is 0.442. The van der Waals surface area contributed by atoms with Crippen molar-refractivity contribution in [3.05, 3.63) is 58.0 Å². The number of rotatable bonds is 3. The maximum Gasteiger partial charge on any atom is 0.251 e. The van der Waals surface area contributed by atoms with Crippen molar-refractivity contribution < 1.29 is 9.21 Å². The fourth-order valence-electron chi connectivity index (χ4n) is 1.37. The van der Waals surface area contributed by atoms with Crippen LogP contribution in [0.15, 0.2) is 41.0 Å². The number of carbonyl (C=O) groups is 1. The lowest BCUT2D eigenvalue weighted by atomic mass is 10.2. The maximum absolute atomic E-state index is 11.8. The molecule has 0 aliphatic rings. The largest absolute Gasteiger partial charge is 0.467 e. The van der Waals surface area contributed by atoms with Crippen LogP contribution < -0.4 is 5.32 Å². The first-order chi connectivity index (χ1) is 8.15. The van der Waals surface area contributed by atoms with Gasteiger partial charge in [-0.2, -0.15) is 0 Å². The molecule has 1 aromatic heterocycles. The molecule has 0 saturated heterocycles. The van der Waals surface area contributed by atoms with Crippen LogP contribution in [0.2, 0.25) is 10.0 Å². The molecule has 88 valence electrons. The van der Waals surface area contributed by atoms with Gasteiger partial charge in [0.05, 0.1) is 12.8 Å². The highest BCUT2D eigenvalue weighted by molar-refractivity contribution is 6.35. The molecule has 0 atom stereocenters. The van der Waals surface area contributed by atoms with Gasteiger partial charge in [-0.15, -0.1) is 0 Å². The first kappa shape index (κ1) is 12.0. The van der Waals surface area contributed by atoms with Crippen LogP contribution in [0, 0.1) is 0 Å². The molecule has 1 heterocycles. The highest BCUT2D eigenvalue weighted by Gasteiger charge is 2.08. The van der Waals surface area contributed by atoms with Crippen molar-refractivity contribution in [1.29, 1.82) is 0 Å². The molecular formula is C12H9Cl2NO2. The second kappa shape index (κ2) is 5.25. The van der Waals surface area contributed by atoms with E-state index in [1.165, 1.54) is 0 Å². The van der Waals surface area contributed by atoms with Crippen molar-refractivity contribution in [3.8, 4) is 0 Å². The van der Waals surface area contributed by atoms with E-state index in [4.69, 9.17) is 27.6 Å². The Morgan fingerprint density at radius 2 is 1.94 bits per heavy atom. The van der Waals surface area contributed by atoms with Gasteiger partial charge in [-0.25, -0.2) is 0 Å². The molecule has 0 saturated carbocycles. The Morgan fingerprint density at radius 3 is 2.53 bits per heavy atom. The van der Waals surface area contributed by atoms with Crippen molar-refractivity contribution >= 4 is 29.1 Å². The SMILES string of the molecule is O=C(NCc1ccco1)c1cc(Cl)cc(Cl)c1. The number of amides is 1. The van der Waals surface area contributed by atoms with E-state index in [1.54, 1.807) is 36.6 Å². The fourth-order valence-corrected chi connectivity index (χ4v) is 1.89. The molecule has 17 heavy (non-hydrogen) atoms. The summed E-state index contributed by atoms with van der Waals surface area (Å²) in [5, 5.41) is 3.57.